The van der Waals surface area contributed by atoms with E-state index in [1.807, 2.05) is 0 Å². The van der Waals surface area contributed by atoms with Gasteiger partial charge in [-0.2, -0.15) is 0 Å². The van der Waals surface area contributed by atoms with Gasteiger partial charge in [-0.15, -0.1) is 0 Å². The first-order valence-electron chi connectivity index (χ1n) is 6.60. The molecule has 0 aliphatic carbocycles. The second kappa shape index (κ2) is 7.57. The number of benzene rings is 2. The van der Waals surface area contributed by atoms with E-state index in [4.69, 9.17) is 35.4 Å². The maximum absolute atomic E-state index is 12.2. The van der Waals surface area contributed by atoms with E-state index in [0.29, 0.717) is 21.3 Å². The van der Waals surface area contributed by atoms with Crippen molar-refractivity contribution in [2.24, 2.45) is 0 Å². The number of halogens is 2. The number of amides is 1. The fourth-order valence-electron chi connectivity index (χ4n) is 1.91. The summed E-state index contributed by atoms with van der Waals surface area (Å²) in [4.78, 5) is 22.5. The van der Waals surface area contributed by atoms with Gasteiger partial charge in [0.05, 0.1) is 4.92 Å². The molecule has 0 saturated carbocycles. The molecule has 0 spiro atoms. The van der Waals surface area contributed by atoms with E-state index in [-0.39, 0.29) is 16.4 Å². The van der Waals surface area contributed by atoms with Gasteiger partial charge in [-0.25, -0.2) is 0 Å². The monoisotopic (exact) mass is 383 g/mol. The Kier molecular flexibility index (Phi) is 5.71. The number of nitrogens with one attached hydrogen (secondary N) is 2. The summed E-state index contributed by atoms with van der Waals surface area (Å²) in [6.45, 7) is 1.59. The molecular weight excluding hydrogens is 373 g/mol. The SMILES string of the molecule is Cc1ccc(C(=O)NC(=S)Nc2cc(Cl)cc(Cl)c2)cc1[N+](=O)[O-]. The molecule has 0 unspecified atom stereocenters. The van der Waals surface area contributed by atoms with Crippen LogP contribution in [0.1, 0.15) is 15.9 Å². The van der Waals surface area contributed by atoms with Gasteiger partial charge in [0.25, 0.3) is 11.6 Å². The van der Waals surface area contributed by atoms with Crippen LogP contribution in [0.5, 0.6) is 0 Å². The number of carbonyl (C=O) groups is 1. The molecule has 0 aromatic heterocycles. The molecule has 0 saturated heterocycles. The van der Waals surface area contributed by atoms with Crippen LogP contribution in [0.2, 0.25) is 10.0 Å². The maximum atomic E-state index is 12.2. The summed E-state index contributed by atoms with van der Waals surface area (Å²) in [7, 11) is 0. The Hall–Kier alpha value is -2.22. The lowest BCUT2D eigenvalue weighted by Crippen LogP contribution is -2.34. The number of rotatable bonds is 3. The average molecular weight is 384 g/mol. The largest absolute Gasteiger partial charge is 0.332 e. The van der Waals surface area contributed by atoms with Crippen molar-refractivity contribution in [1.82, 2.24) is 5.32 Å². The minimum Gasteiger partial charge on any atom is -0.332 e. The third-order valence-corrected chi connectivity index (χ3v) is 3.66. The maximum Gasteiger partial charge on any atom is 0.273 e. The van der Waals surface area contributed by atoms with Crippen LogP contribution < -0.4 is 10.6 Å². The highest BCUT2D eigenvalue weighted by Crippen LogP contribution is 2.22. The van der Waals surface area contributed by atoms with Gasteiger partial charge in [-0.1, -0.05) is 29.3 Å². The van der Waals surface area contributed by atoms with E-state index in [0.717, 1.165) is 0 Å². The third kappa shape index (κ3) is 4.64. The van der Waals surface area contributed by atoms with Gasteiger partial charge in [0.1, 0.15) is 0 Å². The molecule has 0 aliphatic rings. The average Bonchev–Trinajstić information content (AvgIpc) is 2.45. The van der Waals surface area contributed by atoms with Crippen LogP contribution in [0, 0.1) is 17.0 Å². The third-order valence-electron chi connectivity index (χ3n) is 3.02. The van der Waals surface area contributed by atoms with Crippen LogP contribution in [0.15, 0.2) is 36.4 Å². The Labute approximate surface area is 152 Å². The summed E-state index contributed by atoms with van der Waals surface area (Å²) in [6.07, 6.45) is 0. The first-order valence-corrected chi connectivity index (χ1v) is 7.76. The molecular formula is C15H11Cl2N3O3S. The molecule has 2 N–H and O–H groups in total. The van der Waals surface area contributed by atoms with Crippen molar-refractivity contribution < 1.29 is 9.72 Å². The van der Waals surface area contributed by atoms with Crippen LogP contribution in [-0.4, -0.2) is 15.9 Å². The number of anilines is 1. The normalized spacial score (nSPS) is 10.1. The van der Waals surface area contributed by atoms with Gasteiger partial charge in [0.2, 0.25) is 0 Å². The van der Waals surface area contributed by atoms with Gasteiger partial charge < -0.3 is 5.32 Å². The fraction of sp³-hybridized carbons (Fsp3) is 0.0667. The Morgan fingerprint density at radius 2 is 1.79 bits per heavy atom. The minimum atomic E-state index is -0.566. The number of thiocarbonyl (C=S) groups is 1. The van der Waals surface area contributed by atoms with Gasteiger partial charge >= 0.3 is 0 Å². The number of carbonyl (C=O) groups excluding carboxylic acids is 1. The molecule has 0 radical (unpaired) electrons. The Morgan fingerprint density at radius 1 is 1.17 bits per heavy atom. The van der Waals surface area contributed by atoms with E-state index >= 15 is 0 Å². The van der Waals surface area contributed by atoms with Crippen LogP contribution in [-0.2, 0) is 0 Å². The van der Waals surface area contributed by atoms with Crippen molar-refractivity contribution in [1.29, 1.82) is 0 Å². The predicted octanol–water partition coefficient (Wildman–Crippen LogP) is 4.34. The summed E-state index contributed by atoms with van der Waals surface area (Å²) in [6, 6.07) is 8.91. The van der Waals surface area contributed by atoms with Crippen LogP contribution in [0.3, 0.4) is 0 Å². The summed E-state index contributed by atoms with van der Waals surface area (Å²) >= 11 is 16.8. The molecule has 0 aliphatic heterocycles. The highest BCUT2D eigenvalue weighted by atomic mass is 35.5. The standard InChI is InChI=1S/C15H11Cl2N3O3S/c1-8-2-3-9(4-13(8)20(22)23)14(21)19-15(24)18-12-6-10(16)5-11(17)7-12/h2-7H,1H3,(H2,18,19,21,24). The van der Waals surface area contributed by atoms with Crippen molar-refractivity contribution in [2.75, 3.05) is 5.32 Å². The number of nitrogens with zero attached hydrogens (tertiary/aromatic N) is 1. The van der Waals surface area contributed by atoms with Crippen LogP contribution >= 0.6 is 35.4 Å². The lowest BCUT2D eigenvalue weighted by atomic mass is 10.1. The molecule has 2 rings (SSSR count). The van der Waals surface area contributed by atoms with Gasteiger partial charge in [0.15, 0.2) is 5.11 Å². The predicted molar refractivity (Wildman–Crippen MR) is 98.0 cm³/mol. The van der Waals surface area contributed by atoms with Gasteiger partial charge in [-0.3, -0.25) is 20.2 Å². The summed E-state index contributed by atoms with van der Waals surface area (Å²) < 4.78 is 0. The second-order valence-electron chi connectivity index (χ2n) is 4.82. The molecule has 124 valence electrons. The molecule has 0 bridgehead atoms. The Balaban J connectivity index is 2.10. The topological polar surface area (TPSA) is 84.3 Å². The quantitative estimate of drug-likeness (QED) is 0.467. The number of hydrogen-bond donors (Lipinski definition) is 2. The molecule has 24 heavy (non-hydrogen) atoms. The second-order valence-corrected chi connectivity index (χ2v) is 6.11. The van der Waals surface area contributed by atoms with Crippen LogP contribution in [0.25, 0.3) is 0 Å². The molecule has 0 atom stereocenters. The zero-order valence-electron chi connectivity index (χ0n) is 12.3. The highest BCUT2D eigenvalue weighted by molar-refractivity contribution is 7.80. The van der Waals surface area contributed by atoms with Crippen LogP contribution in [0.4, 0.5) is 11.4 Å². The van der Waals surface area contributed by atoms with Crippen molar-refractivity contribution in [3.8, 4) is 0 Å². The minimum absolute atomic E-state index is 0.0153. The molecule has 0 heterocycles. The van der Waals surface area contributed by atoms with E-state index < -0.39 is 10.8 Å². The zero-order valence-corrected chi connectivity index (χ0v) is 14.6. The van der Waals surface area contributed by atoms with Crippen molar-refractivity contribution in [2.45, 2.75) is 6.92 Å². The van der Waals surface area contributed by atoms with Gasteiger partial charge in [0, 0.05) is 32.9 Å². The number of hydrogen-bond acceptors (Lipinski definition) is 4. The fourth-order valence-corrected chi connectivity index (χ4v) is 2.65. The lowest BCUT2D eigenvalue weighted by Gasteiger charge is -2.10. The molecule has 2 aromatic carbocycles. The van der Waals surface area contributed by atoms with E-state index in [1.165, 1.54) is 18.2 Å². The number of aryl methyl sites for hydroxylation is 1. The molecule has 6 nitrogen and oxygen atoms in total. The molecule has 0 fully saturated rings. The first-order chi connectivity index (χ1) is 11.3. The Morgan fingerprint density at radius 3 is 2.38 bits per heavy atom. The van der Waals surface area contributed by atoms with Crippen molar-refractivity contribution >= 4 is 57.8 Å². The zero-order chi connectivity index (χ0) is 17.9. The first kappa shape index (κ1) is 18.1. The number of nitro benzene ring substituents is 1. The Bertz CT molecular complexity index is 822. The van der Waals surface area contributed by atoms with E-state index in [2.05, 4.69) is 10.6 Å². The van der Waals surface area contributed by atoms with E-state index in [9.17, 15) is 14.9 Å². The molecule has 1 amide bonds. The highest BCUT2D eigenvalue weighted by Gasteiger charge is 2.15. The van der Waals surface area contributed by atoms with Gasteiger partial charge in [-0.05, 0) is 43.4 Å². The summed E-state index contributed by atoms with van der Waals surface area (Å²) in [5, 5.41) is 17.0. The number of nitro groups is 1. The van der Waals surface area contributed by atoms with E-state index in [1.54, 1.807) is 25.1 Å². The summed E-state index contributed by atoms with van der Waals surface area (Å²) in [5.41, 5.74) is 0.960. The van der Waals surface area contributed by atoms with Crippen molar-refractivity contribution in [3.63, 3.8) is 0 Å². The molecule has 9 heteroatoms. The smallest absolute Gasteiger partial charge is 0.273 e. The summed E-state index contributed by atoms with van der Waals surface area (Å²) in [5.74, 6) is -0.566. The lowest BCUT2D eigenvalue weighted by molar-refractivity contribution is -0.385. The van der Waals surface area contributed by atoms with Crippen molar-refractivity contribution in [3.05, 3.63) is 67.7 Å². The molecule has 2 aromatic rings.